The molecule has 2 atom stereocenters. The Morgan fingerprint density at radius 2 is 1.94 bits per heavy atom. The molecule has 2 unspecified atom stereocenters. The van der Waals surface area contributed by atoms with Crippen molar-refractivity contribution in [3.8, 4) is 11.6 Å². The molecule has 2 saturated heterocycles. The number of ether oxygens (including phenoxy) is 1. The van der Waals surface area contributed by atoms with Gasteiger partial charge in [0, 0.05) is 49.2 Å². The predicted molar refractivity (Wildman–Crippen MR) is 135 cm³/mol. The highest BCUT2D eigenvalue weighted by atomic mass is 35.5. The van der Waals surface area contributed by atoms with Gasteiger partial charge in [0.2, 0.25) is 5.88 Å². The van der Waals surface area contributed by atoms with Crippen LogP contribution in [0.15, 0.2) is 79.3 Å². The normalized spacial score (nSPS) is 19.2. The topological polar surface area (TPSA) is 61.8 Å². The molecule has 2 fully saturated rings. The highest BCUT2D eigenvalue weighted by molar-refractivity contribution is 7.82. The van der Waals surface area contributed by atoms with Gasteiger partial charge in [-0.1, -0.05) is 30.3 Å². The lowest BCUT2D eigenvalue weighted by molar-refractivity contribution is 0.325. The van der Waals surface area contributed by atoms with Crippen LogP contribution in [-0.4, -0.2) is 55.5 Å². The van der Waals surface area contributed by atoms with Crippen molar-refractivity contribution in [2.75, 3.05) is 36.8 Å². The molecule has 0 amide bonds. The molecule has 1 aromatic heterocycles. The first-order chi connectivity index (χ1) is 16.6. The zero-order valence-electron chi connectivity index (χ0n) is 18.7. The van der Waals surface area contributed by atoms with Gasteiger partial charge in [0.15, 0.2) is 0 Å². The molecule has 2 aromatic carbocycles. The molecule has 176 valence electrons. The van der Waals surface area contributed by atoms with E-state index in [9.17, 15) is 4.21 Å². The van der Waals surface area contributed by atoms with E-state index in [1.165, 1.54) is 0 Å². The van der Waals surface area contributed by atoms with E-state index in [-0.39, 0.29) is 6.04 Å². The van der Waals surface area contributed by atoms with E-state index in [4.69, 9.17) is 16.3 Å². The average molecular weight is 496 g/mol. The third-order valence-electron chi connectivity index (χ3n) is 6.10. The van der Waals surface area contributed by atoms with Gasteiger partial charge in [-0.15, -0.1) is 5.10 Å². The summed E-state index contributed by atoms with van der Waals surface area (Å²) in [5.41, 5.74) is 2.09. The third-order valence-corrected chi connectivity index (χ3v) is 7.83. The summed E-state index contributed by atoms with van der Waals surface area (Å²) in [6.45, 7) is 7.65. The highest BCUT2D eigenvalue weighted by Crippen LogP contribution is 2.39. The molecular weight excluding hydrogens is 470 g/mol. The van der Waals surface area contributed by atoms with Crippen molar-refractivity contribution in [2.24, 2.45) is 0 Å². The van der Waals surface area contributed by atoms with Crippen molar-refractivity contribution < 1.29 is 8.95 Å². The summed E-state index contributed by atoms with van der Waals surface area (Å²) in [5.74, 6) is 2.61. The molecule has 5 rings (SSSR count). The minimum atomic E-state index is -0.948. The SMILES string of the molecule is C=C1N(CCS(=O)N2CCC2)CC(c2cccc(Oc3cccnn3)c2)N1c1ccc(Cl)cc1. The van der Waals surface area contributed by atoms with Crippen LogP contribution in [0.1, 0.15) is 18.0 Å². The summed E-state index contributed by atoms with van der Waals surface area (Å²) in [4.78, 5) is 4.43. The Hall–Kier alpha value is -2.94. The van der Waals surface area contributed by atoms with Crippen molar-refractivity contribution in [2.45, 2.75) is 12.5 Å². The lowest BCUT2D eigenvalue weighted by atomic mass is 10.1. The fraction of sp³-hybridized carbons (Fsp3) is 0.280. The second kappa shape index (κ2) is 10.1. The molecule has 0 aliphatic carbocycles. The Morgan fingerprint density at radius 3 is 2.65 bits per heavy atom. The Balaban J connectivity index is 1.40. The minimum absolute atomic E-state index is 0.0107. The molecule has 3 heterocycles. The molecule has 0 spiro atoms. The van der Waals surface area contributed by atoms with Gasteiger partial charge in [0.25, 0.3) is 0 Å². The number of nitrogens with zero attached hydrogens (tertiary/aromatic N) is 5. The first-order valence-corrected chi connectivity index (χ1v) is 12.9. The van der Waals surface area contributed by atoms with Gasteiger partial charge in [0.05, 0.1) is 22.8 Å². The Morgan fingerprint density at radius 1 is 1.12 bits per heavy atom. The largest absolute Gasteiger partial charge is 0.438 e. The smallest absolute Gasteiger partial charge is 0.238 e. The van der Waals surface area contributed by atoms with Crippen LogP contribution in [0.4, 0.5) is 5.69 Å². The van der Waals surface area contributed by atoms with Crippen molar-refractivity contribution in [1.82, 2.24) is 19.4 Å². The van der Waals surface area contributed by atoms with Crippen molar-refractivity contribution in [3.05, 3.63) is 89.8 Å². The van der Waals surface area contributed by atoms with Crippen LogP contribution < -0.4 is 9.64 Å². The molecule has 3 aromatic rings. The number of aromatic nitrogens is 2. The summed E-state index contributed by atoms with van der Waals surface area (Å²) in [5, 5.41) is 8.58. The number of benzene rings is 2. The highest BCUT2D eigenvalue weighted by Gasteiger charge is 2.35. The van der Waals surface area contributed by atoms with E-state index in [2.05, 4.69) is 32.6 Å². The van der Waals surface area contributed by atoms with Crippen LogP contribution in [0.3, 0.4) is 0 Å². The molecule has 0 bridgehead atoms. The first kappa shape index (κ1) is 22.8. The zero-order chi connectivity index (χ0) is 23.5. The van der Waals surface area contributed by atoms with Gasteiger partial charge >= 0.3 is 0 Å². The van der Waals surface area contributed by atoms with Crippen LogP contribution in [0.25, 0.3) is 0 Å². The predicted octanol–water partition coefficient (Wildman–Crippen LogP) is 4.63. The lowest BCUT2D eigenvalue weighted by Crippen LogP contribution is -2.41. The maximum absolute atomic E-state index is 12.6. The van der Waals surface area contributed by atoms with Gasteiger partial charge in [-0.05, 0) is 54.4 Å². The lowest BCUT2D eigenvalue weighted by Gasteiger charge is -2.30. The van der Waals surface area contributed by atoms with Gasteiger partial charge in [-0.25, -0.2) is 8.51 Å². The fourth-order valence-electron chi connectivity index (χ4n) is 4.19. The fourth-order valence-corrected chi connectivity index (χ4v) is 5.62. The standard InChI is InChI=1S/C25H26ClN5O2S/c1-19-29(15-16-34(32)30-13-4-14-30)18-24(31(19)22-10-8-21(26)9-11-22)20-5-2-6-23(17-20)33-25-7-3-12-27-28-25/h2-3,5-12,17,24H,1,4,13-16,18H2. The summed E-state index contributed by atoms with van der Waals surface area (Å²) in [7, 11) is -0.948. The van der Waals surface area contributed by atoms with E-state index in [1.54, 1.807) is 18.3 Å². The van der Waals surface area contributed by atoms with Gasteiger partial charge in [-0.3, -0.25) is 0 Å². The molecule has 2 aliphatic rings. The summed E-state index contributed by atoms with van der Waals surface area (Å²) in [6, 6.07) is 19.3. The number of anilines is 1. The number of halogens is 1. The van der Waals surface area contributed by atoms with Crippen molar-refractivity contribution >= 4 is 28.3 Å². The minimum Gasteiger partial charge on any atom is -0.438 e. The summed E-state index contributed by atoms with van der Waals surface area (Å²) < 4.78 is 20.5. The summed E-state index contributed by atoms with van der Waals surface area (Å²) >= 11 is 6.15. The second-order valence-corrected chi connectivity index (χ2v) is 10.3. The molecular formula is C25H26ClN5O2S. The van der Waals surface area contributed by atoms with Gasteiger partial charge < -0.3 is 14.5 Å². The second-order valence-electron chi connectivity index (χ2n) is 8.27. The van der Waals surface area contributed by atoms with Crippen LogP contribution in [-0.2, 0) is 11.0 Å². The summed E-state index contributed by atoms with van der Waals surface area (Å²) in [6.07, 6.45) is 2.74. The monoisotopic (exact) mass is 495 g/mol. The van der Waals surface area contributed by atoms with Crippen molar-refractivity contribution in [3.63, 3.8) is 0 Å². The van der Waals surface area contributed by atoms with Gasteiger partial charge in [-0.2, -0.15) is 5.10 Å². The maximum Gasteiger partial charge on any atom is 0.238 e. The molecule has 0 saturated carbocycles. The van der Waals surface area contributed by atoms with E-state index >= 15 is 0 Å². The number of hydrogen-bond acceptors (Lipinski definition) is 6. The molecule has 34 heavy (non-hydrogen) atoms. The molecule has 9 heteroatoms. The van der Waals surface area contributed by atoms with Crippen LogP contribution in [0.2, 0.25) is 5.02 Å². The van der Waals surface area contributed by atoms with E-state index in [0.29, 0.717) is 28.9 Å². The first-order valence-electron chi connectivity index (χ1n) is 11.3. The van der Waals surface area contributed by atoms with E-state index in [1.807, 2.05) is 46.8 Å². The Labute approximate surface area is 207 Å². The number of rotatable bonds is 8. The average Bonchev–Trinajstić information content (AvgIpc) is 3.14. The maximum atomic E-state index is 12.6. The zero-order valence-corrected chi connectivity index (χ0v) is 20.3. The van der Waals surface area contributed by atoms with Gasteiger partial charge in [0.1, 0.15) is 11.6 Å². The molecule has 7 nitrogen and oxygen atoms in total. The van der Waals surface area contributed by atoms with Crippen LogP contribution >= 0.6 is 11.6 Å². The van der Waals surface area contributed by atoms with Crippen LogP contribution in [0, 0.1) is 0 Å². The van der Waals surface area contributed by atoms with Crippen molar-refractivity contribution in [1.29, 1.82) is 0 Å². The Bertz CT molecular complexity index is 1170. The molecule has 0 radical (unpaired) electrons. The Kier molecular flexibility index (Phi) is 6.80. The van der Waals surface area contributed by atoms with E-state index in [0.717, 1.165) is 43.1 Å². The molecule has 0 N–H and O–H groups in total. The molecule has 2 aliphatic heterocycles. The third kappa shape index (κ3) is 4.94. The van der Waals surface area contributed by atoms with Crippen LogP contribution in [0.5, 0.6) is 11.6 Å². The van der Waals surface area contributed by atoms with E-state index < -0.39 is 11.0 Å². The number of hydrogen-bond donors (Lipinski definition) is 0. The quantitative estimate of drug-likeness (QED) is 0.454.